The van der Waals surface area contributed by atoms with E-state index in [9.17, 15) is 9.18 Å². The van der Waals surface area contributed by atoms with Crippen molar-refractivity contribution in [2.24, 2.45) is 0 Å². The first-order valence-electron chi connectivity index (χ1n) is 5.58. The van der Waals surface area contributed by atoms with Crippen molar-refractivity contribution in [2.75, 3.05) is 5.32 Å². The zero-order valence-electron chi connectivity index (χ0n) is 10.5. The van der Waals surface area contributed by atoms with Gasteiger partial charge in [0.25, 0.3) is 5.91 Å². The molecule has 5 heteroatoms. The summed E-state index contributed by atoms with van der Waals surface area (Å²) in [6, 6.07) is 4.44. The summed E-state index contributed by atoms with van der Waals surface area (Å²) in [5.74, 6) is -0.999. The van der Waals surface area contributed by atoms with E-state index in [0.717, 1.165) is 11.3 Å². The number of hydrogen-bond acceptors (Lipinski definition) is 2. The number of carbonyl (C=O) groups is 1. The van der Waals surface area contributed by atoms with Gasteiger partial charge < -0.3 is 5.32 Å². The fourth-order valence-corrected chi connectivity index (χ4v) is 1.73. The quantitative estimate of drug-likeness (QED) is 0.857. The van der Waals surface area contributed by atoms with E-state index in [1.165, 1.54) is 12.1 Å². The van der Waals surface area contributed by atoms with E-state index in [4.69, 9.17) is 0 Å². The van der Waals surface area contributed by atoms with E-state index >= 15 is 0 Å². The van der Waals surface area contributed by atoms with Gasteiger partial charge in [-0.05, 0) is 32.9 Å². The maximum atomic E-state index is 13.6. The summed E-state index contributed by atoms with van der Waals surface area (Å²) < 4.78 is 13.6. The molecule has 1 aromatic carbocycles. The molecule has 0 unspecified atom stereocenters. The summed E-state index contributed by atoms with van der Waals surface area (Å²) in [5, 5.41) is 9.40. The Labute approximate surface area is 104 Å². The third kappa shape index (κ3) is 2.25. The third-order valence-electron chi connectivity index (χ3n) is 2.73. The van der Waals surface area contributed by atoms with Gasteiger partial charge in [0, 0.05) is 0 Å². The lowest BCUT2D eigenvalue weighted by Crippen LogP contribution is -2.15. The van der Waals surface area contributed by atoms with Gasteiger partial charge in [-0.2, -0.15) is 5.10 Å². The molecule has 1 aromatic heterocycles. The van der Waals surface area contributed by atoms with Crippen molar-refractivity contribution in [3.8, 4) is 0 Å². The summed E-state index contributed by atoms with van der Waals surface area (Å²) >= 11 is 0. The molecule has 2 aromatic rings. The van der Waals surface area contributed by atoms with Crippen LogP contribution in [0.1, 0.15) is 27.3 Å². The van der Waals surface area contributed by atoms with Crippen LogP contribution in [0.2, 0.25) is 0 Å². The van der Waals surface area contributed by atoms with Crippen molar-refractivity contribution in [3.05, 3.63) is 46.5 Å². The highest BCUT2D eigenvalue weighted by Gasteiger charge is 2.15. The van der Waals surface area contributed by atoms with Crippen LogP contribution in [0, 0.1) is 26.6 Å². The first-order chi connectivity index (χ1) is 8.49. The number of nitrogens with zero attached hydrogens (tertiary/aromatic N) is 1. The smallest absolute Gasteiger partial charge is 0.258 e. The summed E-state index contributed by atoms with van der Waals surface area (Å²) in [6.07, 6.45) is 0. The minimum atomic E-state index is -0.531. The lowest BCUT2D eigenvalue weighted by Gasteiger charge is -2.07. The molecular weight excluding hydrogens is 233 g/mol. The van der Waals surface area contributed by atoms with Gasteiger partial charge in [-0.15, -0.1) is 0 Å². The van der Waals surface area contributed by atoms with E-state index in [-0.39, 0.29) is 5.56 Å². The number of nitrogens with one attached hydrogen (secondary N) is 2. The molecule has 1 heterocycles. The summed E-state index contributed by atoms with van der Waals surface area (Å²) in [4.78, 5) is 12.0. The van der Waals surface area contributed by atoms with Crippen LogP contribution in [0.5, 0.6) is 0 Å². The van der Waals surface area contributed by atoms with E-state index in [2.05, 4.69) is 15.5 Å². The maximum Gasteiger partial charge on any atom is 0.258 e. The lowest BCUT2D eigenvalue weighted by atomic mass is 10.1. The van der Waals surface area contributed by atoms with Crippen molar-refractivity contribution < 1.29 is 9.18 Å². The number of hydrogen-bond donors (Lipinski definition) is 2. The maximum absolute atomic E-state index is 13.6. The highest BCUT2D eigenvalue weighted by molar-refractivity contribution is 6.05. The van der Waals surface area contributed by atoms with Crippen molar-refractivity contribution in [1.82, 2.24) is 10.2 Å². The molecule has 0 saturated carbocycles. The van der Waals surface area contributed by atoms with Gasteiger partial charge in [-0.3, -0.25) is 9.89 Å². The summed E-state index contributed by atoms with van der Waals surface area (Å²) in [5.41, 5.74) is 2.89. The number of anilines is 1. The van der Waals surface area contributed by atoms with Gasteiger partial charge in [-0.25, -0.2) is 4.39 Å². The van der Waals surface area contributed by atoms with Crippen LogP contribution in [0.4, 0.5) is 10.1 Å². The first-order valence-corrected chi connectivity index (χ1v) is 5.58. The van der Waals surface area contributed by atoms with Crippen molar-refractivity contribution in [3.63, 3.8) is 0 Å². The van der Waals surface area contributed by atoms with Gasteiger partial charge in [0.1, 0.15) is 5.82 Å². The molecule has 0 atom stereocenters. The number of halogens is 1. The summed E-state index contributed by atoms with van der Waals surface area (Å²) in [7, 11) is 0. The molecule has 2 N–H and O–H groups in total. The normalized spacial score (nSPS) is 10.4. The van der Waals surface area contributed by atoms with Crippen LogP contribution >= 0.6 is 0 Å². The Morgan fingerprint density at radius 2 is 2.06 bits per heavy atom. The SMILES string of the molecule is Cc1ccc(F)c(C(=O)Nc2c(C)n[nH]c2C)c1. The molecule has 0 bridgehead atoms. The van der Waals surface area contributed by atoms with Crippen molar-refractivity contribution in [1.29, 1.82) is 0 Å². The summed E-state index contributed by atoms with van der Waals surface area (Å²) in [6.45, 7) is 5.37. The molecule has 0 radical (unpaired) electrons. The van der Waals surface area contributed by atoms with E-state index in [0.29, 0.717) is 11.4 Å². The second kappa shape index (κ2) is 4.60. The van der Waals surface area contributed by atoms with Crippen LogP contribution < -0.4 is 5.32 Å². The average Bonchev–Trinajstić information content (AvgIpc) is 2.64. The fraction of sp³-hybridized carbons (Fsp3) is 0.231. The molecule has 0 spiro atoms. The number of aromatic nitrogens is 2. The highest BCUT2D eigenvalue weighted by atomic mass is 19.1. The van der Waals surface area contributed by atoms with Crippen LogP contribution in [-0.2, 0) is 0 Å². The molecule has 1 amide bonds. The highest BCUT2D eigenvalue weighted by Crippen LogP contribution is 2.18. The van der Waals surface area contributed by atoms with E-state index in [1.54, 1.807) is 19.9 Å². The number of aryl methyl sites for hydroxylation is 3. The Morgan fingerprint density at radius 3 is 2.67 bits per heavy atom. The Kier molecular flexibility index (Phi) is 3.14. The number of H-pyrrole nitrogens is 1. The topological polar surface area (TPSA) is 57.8 Å². The Balaban J connectivity index is 2.30. The molecule has 0 saturated heterocycles. The van der Waals surface area contributed by atoms with E-state index in [1.807, 2.05) is 6.92 Å². The molecular formula is C13H14FN3O. The van der Waals surface area contributed by atoms with Gasteiger partial charge in [-0.1, -0.05) is 11.6 Å². The third-order valence-corrected chi connectivity index (χ3v) is 2.73. The number of benzene rings is 1. The van der Waals surface area contributed by atoms with Crippen molar-refractivity contribution >= 4 is 11.6 Å². The predicted octanol–water partition coefficient (Wildman–Crippen LogP) is 2.73. The molecule has 2 rings (SSSR count). The predicted molar refractivity (Wildman–Crippen MR) is 67.2 cm³/mol. The zero-order chi connectivity index (χ0) is 13.3. The average molecular weight is 247 g/mol. The van der Waals surface area contributed by atoms with Gasteiger partial charge in [0.05, 0.1) is 22.6 Å². The second-order valence-corrected chi connectivity index (χ2v) is 4.25. The number of carbonyl (C=O) groups excluding carboxylic acids is 1. The molecule has 94 valence electrons. The zero-order valence-corrected chi connectivity index (χ0v) is 10.5. The monoisotopic (exact) mass is 247 g/mol. The fourth-order valence-electron chi connectivity index (χ4n) is 1.73. The number of amides is 1. The Morgan fingerprint density at radius 1 is 1.33 bits per heavy atom. The first kappa shape index (κ1) is 12.3. The molecule has 0 aliphatic heterocycles. The largest absolute Gasteiger partial charge is 0.319 e. The van der Waals surface area contributed by atoms with Gasteiger partial charge >= 0.3 is 0 Å². The second-order valence-electron chi connectivity index (χ2n) is 4.25. The molecule has 4 nitrogen and oxygen atoms in total. The molecule has 0 aliphatic carbocycles. The van der Waals surface area contributed by atoms with Crippen LogP contribution in [0.15, 0.2) is 18.2 Å². The molecule has 0 fully saturated rings. The molecule has 0 aliphatic rings. The number of rotatable bonds is 2. The van der Waals surface area contributed by atoms with Crippen LogP contribution in [-0.4, -0.2) is 16.1 Å². The Bertz CT molecular complexity index is 585. The van der Waals surface area contributed by atoms with Gasteiger partial charge in [0.2, 0.25) is 0 Å². The number of aromatic amines is 1. The minimum Gasteiger partial charge on any atom is -0.319 e. The Hall–Kier alpha value is -2.17. The van der Waals surface area contributed by atoms with E-state index < -0.39 is 11.7 Å². The molecule has 18 heavy (non-hydrogen) atoms. The minimum absolute atomic E-state index is 0.0370. The standard InChI is InChI=1S/C13H14FN3O/c1-7-4-5-11(14)10(6-7)13(18)15-12-8(2)16-17-9(12)3/h4-6H,1-3H3,(H,15,18)(H,16,17). The van der Waals surface area contributed by atoms with Crippen LogP contribution in [0.25, 0.3) is 0 Å². The lowest BCUT2D eigenvalue weighted by molar-refractivity contribution is 0.102. The van der Waals surface area contributed by atoms with Gasteiger partial charge in [0.15, 0.2) is 0 Å². The van der Waals surface area contributed by atoms with Crippen molar-refractivity contribution in [2.45, 2.75) is 20.8 Å². The van der Waals surface area contributed by atoms with Crippen LogP contribution in [0.3, 0.4) is 0 Å².